The average Bonchev–Trinajstić information content (AvgIpc) is 2.70. The summed E-state index contributed by atoms with van der Waals surface area (Å²) in [5.41, 5.74) is 0.0627. The lowest BCUT2D eigenvalue weighted by Gasteiger charge is -2.44. The minimum absolute atomic E-state index is 0.0627. The Hall–Kier alpha value is -2.16. The Morgan fingerprint density at radius 2 is 1.93 bits per heavy atom. The summed E-state index contributed by atoms with van der Waals surface area (Å²) in [7, 11) is -3.59. The van der Waals surface area contributed by atoms with E-state index in [0.29, 0.717) is 12.5 Å². The van der Waals surface area contributed by atoms with E-state index in [2.05, 4.69) is 4.40 Å². The van der Waals surface area contributed by atoms with Gasteiger partial charge in [-0.2, -0.15) is 0 Å². The molecule has 8 nitrogen and oxygen atoms in total. The summed E-state index contributed by atoms with van der Waals surface area (Å²) in [5.74, 6) is -0.373. The molecule has 1 saturated carbocycles. The van der Waals surface area contributed by atoms with Crippen LogP contribution in [0.1, 0.15) is 38.5 Å². The second kappa shape index (κ2) is 7.69. The van der Waals surface area contributed by atoms with Crippen LogP contribution in [0.5, 0.6) is 0 Å². The molecule has 152 valence electrons. The highest BCUT2D eigenvalue weighted by Crippen LogP contribution is 2.35. The first-order chi connectivity index (χ1) is 13.4. The van der Waals surface area contributed by atoms with Crippen LogP contribution in [0.2, 0.25) is 0 Å². The van der Waals surface area contributed by atoms with Crippen molar-refractivity contribution in [2.24, 2.45) is 10.3 Å². The van der Waals surface area contributed by atoms with Crippen molar-refractivity contribution in [3.63, 3.8) is 0 Å². The van der Waals surface area contributed by atoms with Gasteiger partial charge in [-0.1, -0.05) is 12.8 Å². The standard InChI is InChI=1S/C19H25N3O5S/c23-17(22-10-3-6-14-5-1-2-8-16(14)22)13-27-19(24)15-7-4-9-21-11-12-28(25,26)20-18(15)21/h4,7,9,14,16H,1-3,5-6,8,10-13H2/t14-,16-/m1/s1. The summed E-state index contributed by atoms with van der Waals surface area (Å²) in [4.78, 5) is 28.7. The lowest BCUT2D eigenvalue weighted by molar-refractivity contribution is -0.152. The largest absolute Gasteiger partial charge is 0.452 e. The zero-order valence-electron chi connectivity index (χ0n) is 15.7. The molecule has 0 spiro atoms. The van der Waals surface area contributed by atoms with Gasteiger partial charge in [-0.15, -0.1) is 4.40 Å². The summed E-state index contributed by atoms with van der Waals surface area (Å²) in [6, 6.07) is 0.258. The molecule has 0 aromatic carbocycles. The Morgan fingerprint density at radius 3 is 2.79 bits per heavy atom. The molecule has 0 N–H and O–H groups in total. The summed E-state index contributed by atoms with van der Waals surface area (Å²) in [6.45, 7) is 0.614. The SMILES string of the molecule is O=C(OCC(=O)N1CCC[C@H]2CCCC[C@H]21)C1=CC=CN2CCS(=O)(=O)N=C12. The van der Waals surface area contributed by atoms with Gasteiger partial charge in [0.1, 0.15) is 5.57 Å². The highest BCUT2D eigenvalue weighted by molar-refractivity contribution is 7.90. The number of allylic oxidation sites excluding steroid dienone is 2. The van der Waals surface area contributed by atoms with Crippen molar-refractivity contribution >= 4 is 27.7 Å². The molecule has 1 aliphatic carbocycles. The van der Waals surface area contributed by atoms with Crippen LogP contribution < -0.4 is 0 Å². The summed E-state index contributed by atoms with van der Waals surface area (Å²) in [5, 5.41) is 0. The Bertz CT molecular complexity index is 859. The van der Waals surface area contributed by atoms with Gasteiger partial charge in [-0.05, 0) is 43.8 Å². The third-order valence-electron chi connectivity index (χ3n) is 5.97. The van der Waals surface area contributed by atoms with Crippen LogP contribution in [-0.2, 0) is 24.3 Å². The molecule has 1 amide bonds. The first-order valence-corrected chi connectivity index (χ1v) is 11.5. The molecule has 0 unspecified atom stereocenters. The first kappa shape index (κ1) is 19.2. The van der Waals surface area contributed by atoms with Gasteiger partial charge in [0.15, 0.2) is 12.4 Å². The number of fused-ring (bicyclic) bond motifs is 2. The molecule has 0 radical (unpaired) electrons. The molecule has 4 aliphatic rings. The topological polar surface area (TPSA) is 96.4 Å². The van der Waals surface area contributed by atoms with Gasteiger partial charge in [0.05, 0.1) is 5.75 Å². The third kappa shape index (κ3) is 3.85. The van der Waals surface area contributed by atoms with Gasteiger partial charge in [-0.3, -0.25) is 4.79 Å². The maximum Gasteiger partial charge on any atom is 0.342 e. The maximum atomic E-state index is 12.7. The van der Waals surface area contributed by atoms with E-state index in [9.17, 15) is 18.0 Å². The molecule has 9 heteroatoms. The highest BCUT2D eigenvalue weighted by atomic mass is 32.2. The minimum atomic E-state index is -3.59. The maximum absolute atomic E-state index is 12.7. The van der Waals surface area contributed by atoms with Crippen molar-refractivity contribution in [2.45, 2.75) is 44.6 Å². The van der Waals surface area contributed by atoms with E-state index in [4.69, 9.17) is 4.74 Å². The lowest BCUT2D eigenvalue weighted by Crippen LogP contribution is -2.51. The molecule has 4 rings (SSSR count). The van der Waals surface area contributed by atoms with E-state index in [-0.39, 0.29) is 42.3 Å². The van der Waals surface area contributed by atoms with Crippen LogP contribution in [0, 0.1) is 5.92 Å². The number of amides is 1. The number of esters is 1. The van der Waals surface area contributed by atoms with Crippen molar-refractivity contribution in [3.8, 4) is 0 Å². The number of hydrogen-bond acceptors (Lipinski definition) is 6. The molecule has 0 aromatic heterocycles. The molecule has 3 aliphatic heterocycles. The summed E-state index contributed by atoms with van der Waals surface area (Å²) >= 11 is 0. The molecule has 0 aromatic rings. The Balaban J connectivity index is 1.41. The quantitative estimate of drug-likeness (QED) is 0.653. The predicted octanol–water partition coefficient (Wildman–Crippen LogP) is 1.21. The number of amidine groups is 1. The molecule has 1 saturated heterocycles. The molecule has 2 fully saturated rings. The fourth-order valence-electron chi connectivity index (χ4n) is 4.60. The number of likely N-dealkylation sites (tertiary alicyclic amines) is 1. The molecule has 28 heavy (non-hydrogen) atoms. The van der Waals surface area contributed by atoms with Gasteiger partial charge in [-0.25, -0.2) is 13.2 Å². The number of piperidine rings is 1. The molecular formula is C19H25N3O5S. The average molecular weight is 407 g/mol. The minimum Gasteiger partial charge on any atom is -0.452 e. The van der Waals surface area contributed by atoms with Crippen molar-refractivity contribution < 1.29 is 22.7 Å². The lowest BCUT2D eigenvalue weighted by atomic mass is 9.78. The van der Waals surface area contributed by atoms with Crippen LogP contribution in [-0.4, -0.2) is 67.4 Å². The van der Waals surface area contributed by atoms with Gasteiger partial charge in [0.25, 0.3) is 15.9 Å². The van der Waals surface area contributed by atoms with Gasteiger partial charge in [0, 0.05) is 25.3 Å². The number of sulfonamides is 1. The zero-order valence-corrected chi connectivity index (χ0v) is 16.6. The zero-order chi connectivity index (χ0) is 19.7. The number of nitrogens with zero attached hydrogens (tertiary/aromatic N) is 3. The normalized spacial score (nSPS) is 28.6. The molecule has 2 atom stereocenters. The van der Waals surface area contributed by atoms with Crippen LogP contribution in [0.4, 0.5) is 0 Å². The van der Waals surface area contributed by atoms with Crippen LogP contribution in [0.3, 0.4) is 0 Å². The van der Waals surface area contributed by atoms with Crippen LogP contribution in [0.15, 0.2) is 28.3 Å². The third-order valence-corrected chi connectivity index (χ3v) is 7.12. The van der Waals surface area contributed by atoms with E-state index >= 15 is 0 Å². The van der Waals surface area contributed by atoms with Crippen molar-refractivity contribution in [3.05, 3.63) is 23.9 Å². The van der Waals surface area contributed by atoms with Crippen LogP contribution >= 0.6 is 0 Å². The highest BCUT2D eigenvalue weighted by Gasteiger charge is 2.36. The fraction of sp³-hybridized carbons (Fsp3) is 0.632. The smallest absolute Gasteiger partial charge is 0.342 e. The van der Waals surface area contributed by atoms with Gasteiger partial charge < -0.3 is 14.5 Å². The monoisotopic (exact) mass is 407 g/mol. The first-order valence-electron chi connectivity index (χ1n) is 9.89. The Morgan fingerprint density at radius 1 is 1.14 bits per heavy atom. The van der Waals surface area contributed by atoms with Crippen LogP contribution in [0.25, 0.3) is 0 Å². The number of ether oxygens (including phenoxy) is 1. The molecule has 3 heterocycles. The number of carbonyl (C=O) groups is 2. The van der Waals surface area contributed by atoms with E-state index in [0.717, 1.165) is 32.1 Å². The number of carbonyl (C=O) groups excluding carboxylic acids is 2. The second-order valence-corrected chi connectivity index (χ2v) is 9.49. The fourth-order valence-corrected chi connectivity index (χ4v) is 5.58. The number of rotatable bonds is 3. The Labute approximate surface area is 165 Å². The second-order valence-electron chi connectivity index (χ2n) is 7.73. The van der Waals surface area contributed by atoms with Gasteiger partial charge >= 0.3 is 5.97 Å². The Kier molecular flexibility index (Phi) is 5.27. The van der Waals surface area contributed by atoms with E-state index in [1.165, 1.54) is 12.5 Å². The summed E-state index contributed by atoms with van der Waals surface area (Å²) in [6.07, 6.45) is 11.5. The van der Waals surface area contributed by atoms with E-state index < -0.39 is 16.0 Å². The summed E-state index contributed by atoms with van der Waals surface area (Å²) < 4.78 is 32.6. The molecule has 0 bridgehead atoms. The van der Waals surface area contributed by atoms with Crippen molar-refractivity contribution in [1.29, 1.82) is 0 Å². The predicted molar refractivity (Wildman–Crippen MR) is 103 cm³/mol. The van der Waals surface area contributed by atoms with E-state index in [1.54, 1.807) is 17.2 Å². The van der Waals surface area contributed by atoms with Crippen molar-refractivity contribution in [1.82, 2.24) is 9.80 Å². The molecular weight excluding hydrogens is 382 g/mol. The van der Waals surface area contributed by atoms with E-state index in [1.807, 2.05) is 4.90 Å². The van der Waals surface area contributed by atoms with Gasteiger partial charge in [0.2, 0.25) is 0 Å². The van der Waals surface area contributed by atoms with Crippen molar-refractivity contribution in [2.75, 3.05) is 25.4 Å². The number of hydrogen-bond donors (Lipinski definition) is 0.